The summed E-state index contributed by atoms with van der Waals surface area (Å²) in [7, 11) is 0. The molecule has 3 heterocycles. The van der Waals surface area contributed by atoms with Crippen molar-refractivity contribution >= 4 is 29.5 Å². The standard InChI is InChI=1S/C32H42F3N9O4/c1-22(45)37-13-18-48-19-14-40-31(47)39-12-7-24-8-15-43(16-9-24)27-20-28(42-30(41-27)32(33,34)35)44-17-10-26(44)29(46)38-11-6-23-2-4-25(21-36)5-3-23/h2-5,20,24,26H,6-19H2,1H3,(H,37,45)(H,38,46)(H2,39,40,47)/t26-/m0/s1. The van der Waals surface area contributed by atoms with Gasteiger partial charge in [0.25, 0.3) is 0 Å². The molecule has 2 fully saturated rings. The highest BCUT2D eigenvalue weighted by molar-refractivity contribution is 5.86. The van der Waals surface area contributed by atoms with E-state index in [1.807, 2.05) is 17.0 Å². The van der Waals surface area contributed by atoms with Crippen LogP contribution in [0.5, 0.6) is 0 Å². The van der Waals surface area contributed by atoms with Crippen molar-refractivity contribution in [3.8, 4) is 6.07 Å². The molecular formula is C32H42F3N9O4. The number of halogens is 3. The summed E-state index contributed by atoms with van der Waals surface area (Å²) in [6.45, 7) is 5.04. The summed E-state index contributed by atoms with van der Waals surface area (Å²) in [5.74, 6) is -1.12. The molecule has 1 atom stereocenters. The summed E-state index contributed by atoms with van der Waals surface area (Å²) >= 11 is 0. The molecule has 4 amide bonds. The minimum absolute atomic E-state index is 0.0706. The highest BCUT2D eigenvalue weighted by Gasteiger charge is 2.40. The van der Waals surface area contributed by atoms with E-state index in [0.29, 0.717) is 77.4 Å². The van der Waals surface area contributed by atoms with Crippen LogP contribution in [0.3, 0.4) is 0 Å². The molecule has 1 aromatic carbocycles. The summed E-state index contributed by atoms with van der Waals surface area (Å²) in [6.07, 6.45) is -1.53. The molecule has 0 spiro atoms. The number of hydrogen-bond donors (Lipinski definition) is 4. The van der Waals surface area contributed by atoms with E-state index in [1.165, 1.54) is 13.0 Å². The van der Waals surface area contributed by atoms with E-state index in [2.05, 4.69) is 37.3 Å². The molecule has 0 unspecified atom stereocenters. The molecule has 2 aliphatic rings. The third-order valence-corrected chi connectivity index (χ3v) is 8.29. The highest BCUT2D eigenvalue weighted by Crippen LogP contribution is 2.34. The van der Waals surface area contributed by atoms with Gasteiger partial charge in [-0.05, 0) is 55.7 Å². The van der Waals surface area contributed by atoms with Gasteiger partial charge >= 0.3 is 12.2 Å². The number of aromatic nitrogens is 2. The van der Waals surface area contributed by atoms with Crippen molar-refractivity contribution in [2.75, 3.05) is 68.8 Å². The number of nitrogens with zero attached hydrogens (tertiary/aromatic N) is 5. The number of benzene rings is 1. The minimum atomic E-state index is -4.75. The summed E-state index contributed by atoms with van der Waals surface area (Å²) in [6, 6.07) is 9.70. The molecular weight excluding hydrogens is 631 g/mol. The molecule has 0 aliphatic carbocycles. The molecule has 0 radical (unpaired) electrons. The van der Waals surface area contributed by atoms with Crippen LogP contribution in [0.1, 0.15) is 49.6 Å². The van der Waals surface area contributed by atoms with Crippen molar-refractivity contribution in [1.82, 2.24) is 31.2 Å². The molecule has 1 aromatic heterocycles. The van der Waals surface area contributed by atoms with E-state index in [4.69, 9.17) is 10.00 Å². The fourth-order valence-electron chi connectivity index (χ4n) is 5.53. The second-order valence-corrected chi connectivity index (χ2v) is 11.8. The molecule has 0 bridgehead atoms. The number of nitriles is 1. The Hall–Kier alpha value is -4.65. The van der Waals surface area contributed by atoms with Gasteiger partial charge in [0.1, 0.15) is 17.7 Å². The van der Waals surface area contributed by atoms with Crippen molar-refractivity contribution < 1.29 is 32.3 Å². The first kappa shape index (κ1) is 36.2. The third kappa shape index (κ3) is 11.0. The first-order valence-corrected chi connectivity index (χ1v) is 16.1. The Balaban J connectivity index is 1.23. The number of ether oxygens (including phenoxy) is 1. The molecule has 2 saturated heterocycles. The maximum atomic E-state index is 13.9. The fourth-order valence-corrected chi connectivity index (χ4v) is 5.53. The normalized spacial score (nSPS) is 16.4. The van der Waals surface area contributed by atoms with Crippen LogP contribution in [0, 0.1) is 17.2 Å². The summed E-state index contributed by atoms with van der Waals surface area (Å²) < 4.78 is 46.9. The van der Waals surface area contributed by atoms with E-state index in [-0.39, 0.29) is 35.4 Å². The van der Waals surface area contributed by atoms with Gasteiger partial charge in [0, 0.05) is 58.8 Å². The number of rotatable bonds is 15. The van der Waals surface area contributed by atoms with Crippen molar-refractivity contribution in [2.24, 2.45) is 5.92 Å². The van der Waals surface area contributed by atoms with E-state index in [1.54, 1.807) is 17.0 Å². The lowest BCUT2D eigenvalue weighted by molar-refractivity contribution is -0.144. The largest absolute Gasteiger partial charge is 0.451 e. The number of hydrogen-bond acceptors (Lipinski definition) is 9. The summed E-state index contributed by atoms with van der Waals surface area (Å²) in [5, 5.41) is 19.9. The predicted octanol–water partition coefficient (Wildman–Crippen LogP) is 2.36. The van der Waals surface area contributed by atoms with Crippen LogP contribution in [0.15, 0.2) is 30.3 Å². The molecule has 2 aliphatic heterocycles. The Morgan fingerprint density at radius 3 is 2.21 bits per heavy atom. The van der Waals surface area contributed by atoms with Gasteiger partial charge in [-0.3, -0.25) is 9.59 Å². The number of alkyl halides is 3. The van der Waals surface area contributed by atoms with Gasteiger partial charge in [-0.2, -0.15) is 18.4 Å². The van der Waals surface area contributed by atoms with Gasteiger partial charge in [0.2, 0.25) is 17.6 Å². The number of carbonyl (C=O) groups excluding carboxylic acids is 3. The Morgan fingerprint density at radius 1 is 0.917 bits per heavy atom. The maximum Gasteiger partial charge on any atom is 0.451 e. The molecule has 48 heavy (non-hydrogen) atoms. The van der Waals surface area contributed by atoms with Crippen molar-refractivity contribution in [2.45, 2.75) is 51.2 Å². The van der Waals surface area contributed by atoms with Crippen LogP contribution in [0.4, 0.5) is 29.6 Å². The number of anilines is 2. The zero-order valence-electron chi connectivity index (χ0n) is 26.9. The van der Waals surface area contributed by atoms with Gasteiger partial charge in [-0.15, -0.1) is 0 Å². The van der Waals surface area contributed by atoms with Crippen LogP contribution in [-0.4, -0.2) is 92.9 Å². The van der Waals surface area contributed by atoms with Crippen molar-refractivity contribution in [3.63, 3.8) is 0 Å². The first-order valence-electron chi connectivity index (χ1n) is 16.1. The smallest absolute Gasteiger partial charge is 0.378 e. The molecule has 16 heteroatoms. The molecule has 0 saturated carbocycles. The minimum Gasteiger partial charge on any atom is -0.378 e. The third-order valence-electron chi connectivity index (χ3n) is 8.29. The molecule has 260 valence electrons. The Kier molecular flexibility index (Phi) is 13.2. The SMILES string of the molecule is CC(=O)NCCOCCNC(=O)NCCC1CCN(c2cc(N3CC[C@H]3C(=O)NCCc3ccc(C#N)cc3)nc(C(F)(F)F)n2)CC1. The van der Waals surface area contributed by atoms with Crippen LogP contribution >= 0.6 is 0 Å². The predicted molar refractivity (Wildman–Crippen MR) is 171 cm³/mol. The molecule has 4 N–H and O–H groups in total. The van der Waals surface area contributed by atoms with Crippen LogP contribution in [0.2, 0.25) is 0 Å². The average molecular weight is 674 g/mol. The van der Waals surface area contributed by atoms with Crippen molar-refractivity contribution in [1.29, 1.82) is 5.26 Å². The highest BCUT2D eigenvalue weighted by atomic mass is 19.4. The van der Waals surface area contributed by atoms with Gasteiger partial charge < -0.3 is 35.8 Å². The zero-order valence-corrected chi connectivity index (χ0v) is 26.9. The van der Waals surface area contributed by atoms with Gasteiger partial charge in [-0.1, -0.05) is 12.1 Å². The second-order valence-electron chi connectivity index (χ2n) is 11.8. The topological polar surface area (TPSA) is 165 Å². The Bertz CT molecular complexity index is 1430. The molecule has 13 nitrogen and oxygen atoms in total. The summed E-state index contributed by atoms with van der Waals surface area (Å²) in [4.78, 5) is 46.8. The average Bonchev–Trinajstić information content (AvgIpc) is 3.04. The Labute approximate surface area is 277 Å². The number of amides is 4. The fraction of sp³-hybridized carbons (Fsp3) is 0.562. The number of urea groups is 1. The number of piperidine rings is 1. The van der Waals surface area contributed by atoms with Gasteiger partial charge in [0.05, 0.1) is 24.8 Å². The quantitative estimate of drug-likeness (QED) is 0.208. The monoisotopic (exact) mass is 673 g/mol. The lowest BCUT2D eigenvalue weighted by atomic mass is 9.93. The molecule has 2 aromatic rings. The Morgan fingerprint density at radius 2 is 1.58 bits per heavy atom. The van der Waals surface area contributed by atoms with E-state index >= 15 is 0 Å². The second kappa shape index (κ2) is 17.5. The van der Waals surface area contributed by atoms with Gasteiger partial charge in [-0.25, -0.2) is 14.8 Å². The summed E-state index contributed by atoms with van der Waals surface area (Å²) in [5.41, 5.74) is 1.50. The van der Waals surface area contributed by atoms with E-state index < -0.39 is 18.0 Å². The van der Waals surface area contributed by atoms with Crippen LogP contribution < -0.4 is 31.1 Å². The van der Waals surface area contributed by atoms with Crippen LogP contribution in [-0.2, 0) is 26.9 Å². The van der Waals surface area contributed by atoms with E-state index in [0.717, 1.165) is 24.8 Å². The first-order chi connectivity index (χ1) is 23.0. The van der Waals surface area contributed by atoms with Crippen LogP contribution in [0.25, 0.3) is 0 Å². The van der Waals surface area contributed by atoms with E-state index in [9.17, 15) is 27.6 Å². The zero-order chi connectivity index (χ0) is 34.5. The number of nitrogens with one attached hydrogen (secondary N) is 4. The lowest BCUT2D eigenvalue weighted by Crippen LogP contribution is -2.57. The maximum absolute atomic E-state index is 13.9. The van der Waals surface area contributed by atoms with Crippen molar-refractivity contribution in [3.05, 3.63) is 47.3 Å². The lowest BCUT2D eigenvalue weighted by Gasteiger charge is -2.41. The van der Waals surface area contributed by atoms with Gasteiger partial charge in [0.15, 0.2) is 0 Å². The molecule has 4 rings (SSSR count). The number of carbonyl (C=O) groups is 3.